The highest BCUT2D eigenvalue weighted by molar-refractivity contribution is 5.88. The zero-order chi connectivity index (χ0) is 12.1. The molecular formula is C14H17O3. The number of carbonyl (C=O) groups excluding carboxylic acids is 1. The van der Waals surface area contributed by atoms with Crippen molar-refractivity contribution < 1.29 is 14.6 Å². The number of carbonyl (C=O) groups is 1. The molecule has 2 rings (SSSR count). The lowest BCUT2D eigenvalue weighted by molar-refractivity contribution is -0.241. The van der Waals surface area contributed by atoms with Crippen molar-refractivity contribution in [2.75, 3.05) is 0 Å². The molecule has 91 valence electrons. The summed E-state index contributed by atoms with van der Waals surface area (Å²) in [6, 6.07) is 8.87. The van der Waals surface area contributed by atoms with Crippen molar-refractivity contribution in [1.29, 1.82) is 0 Å². The van der Waals surface area contributed by atoms with Crippen LogP contribution in [0.5, 0.6) is 0 Å². The van der Waals surface area contributed by atoms with Crippen molar-refractivity contribution in [2.24, 2.45) is 5.92 Å². The molecule has 1 atom stereocenters. The Morgan fingerprint density at radius 2 is 2.06 bits per heavy atom. The maximum atomic E-state index is 11.6. The lowest BCUT2D eigenvalue weighted by atomic mass is 9.89. The zero-order valence-corrected chi connectivity index (χ0v) is 10.0. The van der Waals surface area contributed by atoms with Crippen molar-refractivity contribution in [1.82, 2.24) is 0 Å². The summed E-state index contributed by atoms with van der Waals surface area (Å²) >= 11 is 0. The predicted octanol–water partition coefficient (Wildman–Crippen LogP) is 3.52. The smallest absolute Gasteiger partial charge is 0.292 e. The summed E-state index contributed by atoms with van der Waals surface area (Å²) in [5, 5.41) is 0. The van der Waals surface area contributed by atoms with E-state index >= 15 is 0 Å². The van der Waals surface area contributed by atoms with E-state index < -0.39 is 5.97 Å². The van der Waals surface area contributed by atoms with E-state index in [4.69, 9.17) is 9.78 Å². The molecule has 1 fully saturated rings. The van der Waals surface area contributed by atoms with Crippen LogP contribution in [-0.2, 0) is 9.78 Å². The lowest BCUT2D eigenvalue weighted by Gasteiger charge is -2.23. The van der Waals surface area contributed by atoms with Gasteiger partial charge < -0.3 is 0 Å². The topological polar surface area (TPSA) is 35.5 Å². The molecule has 0 bridgehead atoms. The predicted molar refractivity (Wildman–Crippen MR) is 63.8 cm³/mol. The average Bonchev–Trinajstić information content (AvgIpc) is 2.37. The molecule has 3 nitrogen and oxygen atoms in total. The molecule has 0 saturated heterocycles. The van der Waals surface area contributed by atoms with E-state index in [-0.39, 0.29) is 0 Å². The van der Waals surface area contributed by atoms with Crippen molar-refractivity contribution in [3.63, 3.8) is 0 Å². The molecule has 1 unspecified atom stereocenters. The molecule has 1 aliphatic carbocycles. The van der Waals surface area contributed by atoms with Gasteiger partial charge in [-0.15, -0.1) is 0 Å². The van der Waals surface area contributed by atoms with E-state index in [1.807, 2.05) is 6.07 Å². The third kappa shape index (κ3) is 3.56. The molecule has 0 spiro atoms. The Bertz CT molecular complexity index is 361. The van der Waals surface area contributed by atoms with E-state index in [2.05, 4.69) is 6.92 Å². The van der Waals surface area contributed by atoms with Gasteiger partial charge in [-0.25, -0.2) is 4.79 Å². The normalized spacial score (nSPS) is 21.1. The molecule has 1 aromatic carbocycles. The summed E-state index contributed by atoms with van der Waals surface area (Å²) in [7, 11) is 0. The summed E-state index contributed by atoms with van der Waals surface area (Å²) in [5.74, 6) is 0.186. The van der Waals surface area contributed by atoms with Gasteiger partial charge in [-0.05, 0) is 30.9 Å². The van der Waals surface area contributed by atoms with Gasteiger partial charge in [0.15, 0.2) is 0 Å². The third-order valence-corrected chi connectivity index (χ3v) is 2.97. The summed E-state index contributed by atoms with van der Waals surface area (Å²) in [6.45, 7) is 2.18. The van der Waals surface area contributed by atoms with Crippen LogP contribution in [0.2, 0.25) is 0 Å². The first-order valence-electron chi connectivity index (χ1n) is 6.04. The minimum atomic E-state index is -0.434. The van der Waals surface area contributed by atoms with Gasteiger partial charge in [-0.1, -0.05) is 38.0 Å². The summed E-state index contributed by atoms with van der Waals surface area (Å²) < 4.78 is 0. The minimum Gasteiger partial charge on any atom is -0.292 e. The monoisotopic (exact) mass is 233 g/mol. The highest BCUT2D eigenvalue weighted by Gasteiger charge is 2.23. The van der Waals surface area contributed by atoms with Crippen LogP contribution in [0.1, 0.15) is 43.0 Å². The van der Waals surface area contributed by atoms with E-state index in [1.54, 1.807) is 24.3 Å². The molecule has 0 aliphatic heterocycles. The zero-order valence-electron chi connectivity index (χ0n) is 10.0. The number of hydrogen-bond acceptors (Lipinski definition) is 3. The summed E-state index contributed by atoms with van der Waals surface area (Å²) in [5.41, 5.74) is 0.511. The number of hydrogen-bond donors (Lipinski definition) is 0. The maximum absolute atomic E-state index is 11.6. The van der Waals surface area contributed by atoms with Crippen molar-refractivity contribution in [3.8, 4) is 0 Å². The van der Waals surface area contributed by atoms with E-state index in [0.29, 0.717) is 11.5 Å². The SMILES string of the molecule is CC1CCC[C](OOC(=O)c2ccccc2)C1. The molecule has 1 radical (unpaired) electrons. The van der Waals surface area contributed by atoms with Gasteiger partial charge in [0.05, 0.1) is 5.56 Å². The Kier molecular flexibility index (Phi) is 4.15. The Balaban J connectivity index is 1.80. The standard InChI is InChI=1S/C14H17O3/c1-11-6-5-9-13(10-11)16-17-14(15)12-7-3-2-4-8-12/h2-4,7-8,11H,5-6,9-10H2,1H3. The van der Waals surface area contributed by atoms with Crippen LogP contribution in [-0.4, -0.2) is 5.97 Å². The van der Waals surface area contributed by atoms with E-state index in [0.717, 1.165) is 25.4 Å². The first kappa shape index (κ1) is 12.1. The molecule has 0 heterocycles. The number of rotatable bonds is 3. The highest BCUT2D eigenvalue weighted by Crippen LogP contribution is 2.31. The Labute approximate surface area is 102 Å². The van der Waals surface area contributed by atoms with Crippen molar-refractivity contribution in [2.45, 2.75) is 32.6 Å². The highest BCUT2D eigenvalue weighted by atomic mass is 17.2. The van der Waals surface area contributed by atoms with Crippen LogP contribution in [0.15, 0.2) is 30.3 Å². The summed E-state index contributed by atoms with van der Waals surface area (Å²) in [6.07, 6.45) is 5.00. The third-order valence-electron chi connectivity index (χ3n) is 2.97. The van der Waals surface area contributed by atoms with Crippen LogP contribution >= 0.6 is 0 Å². The van der Waals surface area contributed by atoms with Crippen molar-refractivity contribution >= 4 is 5.97 Å². The Morgan fingerprint density at radius 3 is 2.76 bits per heavy atom. The van der Waals surface area contributed by atoms with Gasteiger partial charge in [0.25, 0.3) is 0 Å². The quantitative estimate of drug-likeness (QED) is 0.592. The largest absolute Gasteiger partial charge is 0.373 e. The Hall–Kier alpha value is -1.35. The van der Waals surface area contributed by atoms with E-state index in [9.17, 15) is 4.79 Å². The molecule has 1 aromatic rings. The second kappa shape index (κ2) is 5.82. The van der Waals surface area contributed by atoms with Crippen molar-refractivity contribution in [3.05, 3.63) is 42.0 Å². The molecule has 1 saturated carbocycles. The van der Waals surface area contributed by atoms with Gasteiger partial charge in [-0.3, -0.25) is 4.89 Å². The fourth-order valence-corrected chi connectivity index (χ4v) is 2.04. The van der Waals surface area contributed by atoms with E-state index in [1.165, 1.54) is 6.42 Å². The second-order valence-electron chi connectivity index (χ2n) is 4.56. The van der Waals surface area contributed by atoms with Gasteiger partial charge in [0.1, 0.15) is 6.10 Å². The fraction of sp³-hybridized carbons (Fsp3) is 0.429. The van der Waals surface area contributed by atoms with Gasteiger partial charge in [-0.2, -0.15) is 4.89 Å². The first-order valence-corrected chi connectivity index (χ1v) is 6.04. The first-order chi connectivity index (χ1) is 8.25. The van der Waals surface area contributed by atoms with Gasteiger partial charge in [0.2, 0.25) is 0 Å². The molecule has 0 aromatic heterocycles. The molecule has 17 heavy (non-hydrogen) atoms. The van der Waals surface area contributed by atoms with Crippen LogP contribution in [0.25, 0.3) is 0 Å². The molecule has 3 heteroatoms. The molecular weight excluding hydrogens is 216 g/mol. The second-order valence-corrected chi connectivity index (χ2v) is 4.56. The number of benzene rings is 1. The maximum Gasteiger partial charge on any atom is 0.373 e. The summed E-state index contributed by atoms with van der Waals surface area (Å²) in [4.78, 5) is 21.6. The van der Waals surface area contributed by atoms with Crippen LogP contribution in [0, 0.1) is 12.0 Å². The van der Waals surface area contributed by atoms with Gasteiger partial charge in [0, 0.05) is 0 Å². The molecule has 1 aliphatic rings. The van der Waals surface area contributed by atoms with Crippen LogP contribution in [0.4, 0.5) is 0 Å². The minimum absolute atomic E-state index is 0.434. The molecule has 0 amide bonds. The van der Waals surface area contributed by atoms with Gasteiger partial charge >= 0.3 is 5.97 Å². The average molecular weight is 233 g/mol. The van der Waals surface area contributed by atoms with Crippen LogP contribution < -0.4 is 0 Å². The lowest BCUT2D eigenvalue weighted by Crippen LogP contribution is -2.16. The fourth-order valence-electron chi connectivity index (χ4n) is 2.04. The Morgan fingerprint density at radius 1 is 1.29 bits per heavy atom. The molecule has 0 N–H and O–H groups in total. The van der Waals surface area contributed by atoms with Crippen LogP contribution in [0.3, 0.4) is 0 Å².